The van der Waals surface area contributed by atoms with Gasteiger partial charge in [0.1, 0.15) is 5.82 Å². The third-order valence-electron chi connectivity index (χ3n) is 4.51. The van der Waals surface area contributed by atoms with Crippen LogP contribution in [-0.2, 0) is 6.54 Å². The maximum Gasteiger partial charge on any atom is 0.315 e. The highest BCUT2D eigenvalue weighted by molar-refractivity contribution is 7.99. The molecule has 0 bridgehead atoms. The van der Waals surface area contributed by atoms with Crippen LogP contribution < -0.4 is 10.6 Å². The van der Waals surface area contributed by atoms with Gasteiger partial charge in [0.05, 0.1) is 17.9 Å². The molecule has 0 saturated heterocycles. The van der Waals surface area contributed by atoms with Crippen LogP contribution >= 0.6 is 23.4 Å². The van der Waals surface area contributed by atoms with Gasteiger partial charge in [-0.2, -0.15) is 5.10 Å². The molecule has 8 heteroatoms. The third-order valence-corrected chi connectivity index (χ3v) is 5.92. The van der Waals surface area contributed by atoms with Crippen LogP contribution in [0.15, 0.2) is 59.8 Å². The number of rotatable bonds is 4. The van der Waals surface area contributed by atoms with Crippen molar-refractivity contribution in [3.05, 3.63) is 76.8 Å². The van der Waals surface area contributed by atoms with E-state index in [1.165, 1.54) is 17.8 Å². The third kappa shape index (κ3) is 4.15. The van der Waals surface area contributed by atoms with E-state index in [-0.39, 0.29) is 17.9 Å². The lowest BCUT2D eigenvalue weighted by Crippen LogP contribution is -2.38. The molecule has 2 heterocycles. The number of urea groups is 1. The van der Waals surface area contributed by atoms with Crippen molar-refractivity contribution >= 4 is 29.4 Å². The van der Waals surface area contributed by atoms with Gasteiger partial charge in [-0.25, -0.2) is 13.9 Å². The summed E-state index contributed by atoms with van der Waals surface area (Å²) in [6.07, 6.45) is 4.32. The first-order valence-corrected chi connectivity index (χ1v) is 10.2. The molecule has 0 saturated carbocycles. The summed E-state index contributed by atoms with van der Waals surface area (Å²) in [7, 11) is 0. The Bertz CT molecular complexity index is 992. The summed E-state index contributed by atoms with van der Waals surface area (Å²) in [5, 5.41) is 10.8. The van der Waals surface area contributed by atoms with E-state index in [4.69, 9.17) is 11.6 Å². The monoisotopic (exact) mass is 416 g/mol. The van der Waals surface area contributed by atoms with Crippen LogP contribution in [0.1, 0.15) is 23.6 Å². The van der Waals surface area contributed by atoms with E-state index < -0.39 is 0 Å². The Morgan fingerprint density at radius 3 is 2.93 bits per heavy atom. The first-order valence-electron chi connectivity index (χ1n) is 8.85. The molecule has 0 fully saturated rings. The fourth-order valence-corrected chi connectivity index (χ4v) is 4.38. The first kappa shape index (κ1) is 18.8. The number of amides is 2. The van der Waals surface area contributed by atoms with Crippen LogP contribution in [0, 0.1) is 5.82 Å². The molecule has 1 aliphatic rings. The SMILES string of the molecule is O=C(NCc1cnn(-c2ccc(Cl)cc2)c1)NC1CCSc2c(F)cccc21. The highest BCUT2D eigenvalue weighted by Crippen LogP contribution is 2.37. The summed E-state index contributed by atoms with van der Waals surface area (Å²) in [5.41, 5.74) is 2.59. The van der Waals surface area contributed by atoms with Crippen molar-refractivity contribution in [3.8, 4) is 5.69 Å². The molecular weight excluding hydrogens is 399 g/mol. The van der Waals surface area contributed by atoms with Crippen molar-refractivity contribution in [1.82, 2.24) is 20.4 Å². The van der Waals surface area contributed by atoms with Gasteiger partial charge in [0.15, 0.2) is 0 Å². The average molecular weight is 417 g/mol. The van der Waals surface area contributed by atoms with Gasteiger partial charge in [0, 0.05) is 34.0 Å². The Morgan fingerprint density at radius 1 is 1.29 bits per heavy atom. The fraction of sp³-hybridized carbons (Fsp3) is 0.200. The van der Waals surface area contributed by atoms with E-state index in [2.05, 4.69) is 15.7 Å². The van der Waals surface area contributed by atoms with Gasteiger partial charge in [0.2, 0.25) is 0 Å². The van der Waals surface area contributed by atoms with Crippen LogP contribution in [0.3, 0.4) is 0 Å². The fourth-order valence-electron chi connectivity index (χ4n) is 3.11. The van der Waals surface area contributed by atoms with Gasteiger partial charge < -0.3 is 10.6 Å². The summed E-state index contributed by atoms with van der Waals surface area (Å²) in [4.78, 5) is 13.0. The highest BCUT2D eigenvalue weighted by atomic mass is 35.5. The molecule has 0 spiro atoms. The van der Waals surface area contributed by atoms with Crippen molar-refractivity contribution in [1.29, 1.82) is 0 Å². The molecule has 0 radical (unpaired) electrons. The lowest BCUT2D eigenvalue weighted by atomic mass is 10.0. The number of carbonyl (C=O) groups excluding carboxylic acids is 1. The van der Waals surface area contributed by atoms with Crippen molar-refractivity contribution in [3.63, 3.8) is 0 Å². The minimum Gasteiger partial charge on any atom is -0.334 e. The molecule has 4 rings (SSSR count). The first-order chi connectivity index (χ1) is 13.6. The largest absolute Gasteiger partial charge is 0.334 e. The smallest absolute Gasteiger partial charge is 0.315 e. The maximum absolute atomic E-state index is 14.0. The Balaban J connectivity index is 1.36. The summed E-state index contributed by atoms with van der Waals surface area (Å²) >= 11 is 7.39. The minimum atomic E-state index is -0.286. The van der Waals surface area contributed by atoms with E-state index in [1.807, 2.05) is 24.4 Å². The van der Waals surface area contributed by atoms with Crippen molar-refractivity contribution < 1.29 is 9.18 Å². The number of aromatic nitrogens is 2. The quantitative estimate of drug-likeness (QED) is 0.648. The number of thioether (sulfide) groups is 1. The molecule has 1 atom stereocenters. The van der Waals surface area contributed by atoms with E-state index in [9.17, 15) is 9.18 Å². The highest BCUT2D eigenvalue weighted by Gasteiger charge is 2.24. The molecule has 2 N–H and O–H groups in total. The van der Waals surface area contributed by atoms with Gasteiger partial charge in [0.25, 0.3) is 0 Å². The molecule has 144 valence electrons. The normalized spacial score (nSPS) is 15.7. The topological polar surface area (TPSA) is 59.0 Å². The van der Waals surface area contributed by atoms with Gasteiger partial charge in [-0.1, -0.05) is 23.7 Å². The molecule has 1 aromatic heterocycles. The van der Waals surface area contributed by atoms with E-state index in [0.29, 0.717) is 16.5 Å². The predicted octanol–water partition coefficient (Wildman–Crippen LogP) is 4.70. The molecule has 28 heavy (non-hydrogen) atoms. The Morgan fingerprint density at radius 2 is 2.11 bits per heavy atom. The van der Waals surface area contributed by atoms with Crippen LogP contribution in [0.25, 0.3) is 5.69 Å². The standard InChI is InChI=1S/C20H18ClFN4OS/c21-14-4-6-15(7-5-14)26-12-13(11-24-26)10-23-20(27)25-18-8-9-28-19-16(18)2-1-3-17(19)22/h1-7,11-12,18H,8-10H2,(H2,23,25,27). The zero-order valence-corrected chi connectivity index (χ0v) is 16.4. The number of benzene rings is 2. The van der Waals surface area contributed by atoms with E-state index in [0.717, 1.165) is 29.0 Å². The average Bonchev–Trinajstić information content (AvgIpc) is 3.17. The zero-order chi connectivity index (χ0) is 19.5. The Labute approximate surface area is 171 Å². The predicted molar refractivity (Wildman–Crippen MR) is 108 cm³/mol. The molecule has 0 aliphatic carbocycles. The lowest BCUT2D eigenvalue weighted by molar-refractivity contribution is 0.236. The number of hydrogen-bond donors (Lipinski definition) is 2. The molecule has 2 aromatic carbocycles. The zero-order valence-electron chi connectivity index (χ0n) is 14.9. The van der Waals surface area contributed by atoms with E-state index in [1.54, 1.807) is 29.1 Å². The minimum absolute atomic E-state index is 0.191. The van der Waals surface area contributed by atoms with Crippen LogP contribution in [0.5, 0.6) is 0 Å². The van der Waals surface area contributed by atoms with Crippen molar-refractivity contribution in [2.45, 2.75) is 23.9 Å². The van der Waals surface area contributed by atoms with Crippen LogP contribution in [0.4, 0.5) is 9.18 Å². The maximum atomic E-state index is 14.0. The number of carbonyl (C=O) groups is 1. The van der Waals surface area contributed by atoms with Crippen LogP contribution in [-0.4, -0.2) is 21.6 Å². The molecule has 3 aromatic rings. The van der Waals surface area contributed by atoms with Gasteiger partial charge in [-0.15, -0.1) is 11.8 Å². The number of halogens is 2. The number of nitrogens with one attached hydrogen (secondary N) is 2. The van der Waals surface area contributed by atoms with Crippen molar-refractivity contribution in [2.24, 2.45) is 0 Å². The molecular formula is C20H18ClFN4OS. The van der Waals surface area contributed by atoms with Gasteiger partial charge >= 0.3 is 6.03 Å². The summed E-state index contributed by atoms with van der Waals surface area (Å²) in [5.74, 6) is 0.538. The Hall–Kier alpha value is -2.51. The summed E-state index contributed by atoms with van der Waals surface area (Å²) in [6.45, 7) is 0.344. The molecule has 1 aliphatic heterocycles. The number of hydrogen-bond acceptors (Lipinski definition) is 3. The lowest BCUT2D eigenvalue weighted by Gasteiger charge is -2.26. The second-order valence-corrected chi connectivity index (χ2v) is 7.99. The molecule has 1 unspecified atom stereocenters. The second kappa shape index (κ2) is 8.24. The number of fused-ring (bicyclic) bond motifs is 1. The van der Waals surface area contributed by atoms with Crippen molar-refractivity contribution in [2.75, 3.05) is 5.75 Å². The summed E-state index contributed by atoms with van der Waals surface area (Å²) in [6, 6.07) is 11.9. The Kier molecular flexibility index (Phi) is 5.54. The number of nitrogens with zero attached hydrogens (tertiary/aromatic N) is 2. The van der Waals surface area contributed by atoms with Crippen LogP contribution in [0.2, 0.25) is 5.02 Å². The van der Waals surface area contributed by atoms with Gasteiger partial charge in [-0.05, 0) is 42.3 Å². The molecule has 2 amide bonds. The van der Waals surface area contributed by atoms with E-state index >= 15 is 0 Å². The van der Waals surface area contributed by atoms with Gasteiger partial charge in [-0.3, -0.25) is 0 Å². The second-order valence-electron chi connectivity index (χ2n) is 6.44. The summed E-state index contributed by atoms with van der Waals surface area (Å²) < 4.78 is 15.7. The molecule has 5 nitrogen and oxygen atoms in total.